The van der Waals surface area contributed by atoms with Crippen molar-refractivity contribution in [3.63, 3.8) is 0 Å². The number of benzene rings is 1. The van der Waals surface area contributed by atoms with E-state index >= 15 is 0 Å². The molecule has 4 nitrogen and oxygen atoms in total. The van der Waals surface area contributed by atoms with Crippen molar-refractivity contribution in [1.29, 1.82) is 0 Å². The van der Waals surface area contributed by atoms with Crippen molar-refractivity contribution < 1.29 is 14.3 Å². The topological polar surface area (TPSA) is 55.4 Å². The van der Waals surface area contributed by atoms with Gasteiger partial charge in [0.05, 0.1) is 11.8 Å². The molecule has 3 fully saturated rings. The second-order valence-corrected chi connectivity index (χ2v) is 7.74. The lowest BCUT2D eigenvalue weighted by Gasteiger charge is -2.24. The molecule has 1 aliphatic heterocycles. The van der Waals surface area contributed by atoms with Gasteiger partial charge in [-0.25, -0.2) is 0 Å². The van der Waals surface area contributed by atoms with Crippen LogP contribution < -0.4 is 5.32 Å². The fourth-order valence-electron chi connectivity index (χ4n) is 4.68. The summed E-state index contributed by atoms with van der Waals surface area (Å²) in [5.41, 5.74) is 2.91. The van der Waals surface area contributed by atoms with Gasteiger partial charge in [-0.3, -0.25) is 9.59 Å². The molecule has 1 aromatic carbocycles. The summed E-state index contributed by atoms with van der Waals surface area (Å²) in [5.74, 6) is -0.0795. The van der Waals surface area contributed by atoms with E-state index in [0.29, 0.717) is 5.92 Å². The van der Waals surface area contributed by atoms with E-state index < -0.39 is 0 Å². The Bertz CT molecular complexity index is 661. The van der Waals surface area contributed by atoms with Gasteiger partial charge in [-0.1, -0.05) is 15.9 Å². The second-order valence-electron chi connectivity index (χ2n) is 6.83. The van der Waals surface area contributed by atoms with Crippen LogP contribution in [0.15, 0.2) is 16.6 Å². The Hall–Kier alpha value is -1.36. The van der Waals surface area contributed by atoms with Crippen LogP contribution in [-0.2, 0) is 14.3 Å². The first-order chi connectivity index (χ1) is 10.5. The van der Waals surface area contributed by atoms with Gasteiger partial charge in [0.15, 0.2) is 0 Å². The quantitative estimate of drug-likeness (QED) is 0.820. The fourth-order valence-corrected chi connectivity index (χ4v) is 5.36. The zero-order valence-corrected chi connectivity index (χ0v) is 14.1. The molecule has 5 atom stereocenters. The SMILES string of the molecule is Cc1cc(Br)cc(C)c1NC(=O)[C@H]1[C@H]2C[C@@H]3[C@@H]1C(=O)O[C@@H]3C2. The van der Waals surface area contributed by atoms with Crippen LogP contribution in [0.5, 0.6) is 0 Å². The molecule has 1 aromatic rings. The molecule has 3 aliphatic rings. The van der Waals surface area contributed by atoms with Crippen LogP contribution in [-0.4, -0.2) is 18.0 Å². The molecular formula is C17H18BrNO3. The maximum Gasteiger partial charge on any atom is 0.310 e. The van der Waals surface area contributed by atoms with E-state index in [2.05, 4.69) is 21.2 Å². The summed E-state index contributed by atoms with van der Waals surface area (Å²) in [5, 5.41) is 3.07. The van der Waals surface area contributed by atoms with E-state index in [-0.39, 0.29) is 35.7 Å². The normalized spacial score (nSPS) is 34.9. The van der Waals surface area contributed by atoms with Gasteiger partial charge in [0.2, 0.25) is 5.91 Å². The molecule has 22 heavy (non-hydrogen) atoms. The van der Waals surface area contributed by atoms with Crippen molar-refractivity contribution in [3.05, 3.63) is 27.7 Å². The summed E-state index contributed by atoms with van der Waals surface area (Å²) in [6.07, 6.45) is 1.88. The average molecular weight is 364 g/mol. The van der Waals surface area contributed by atoms with Gasteiger partial charge in [-0.15, -0.1) is 0 Å². The van der Waals surface area contributed by atoms with Crippen LogP contribution in [0.4, 0.5) is 5.69 Å². The Morgan fingerprint density at radius 3 is 2.64 bits per heavy atom. The van der Waals surface area contributed by atoms with Gasteiger partial charge >= 0.3 is 5.97 Å². The minimum absolute atomic E-state index is 0.0247. The molecular weight excluding hydrogens is 346 g/mol. The highest BCUT2D eigenvalue weighted by Gasteiger charge is 2.63. The zero-order valence-electron chi connectivity index (χ0n) is 12.6. The highest BCUT2D eigenvalue weighted by molar-refractivity contribution is 9.10. The molecule has 0 unspecified atom stereocenters. The fraction of sp³-hybridized carbons (Fsp3) is 0.529. The van der Waals surface area contributed by atoms with E-state index in [4.69, 9.17) is 4.74 Å². The van der Waals surface area contributed by atoms with Crippen molar-refractivity contribution >= 4 is 33.5 Å². The minimum atomic E-state index is -0.223. The summed E-state index contributed by atoms with van der Waals surface area (Å²) in [7, 11) is 0. The lowest BCUT2D eigenvalue weighted by molar-refractivity contribution is -0.145. The lowest BCUT2D eigenvalue weighted by Crippen LogP contribution is -2.36. The van der Waals surface area contributed by atoms with Crippen LogP contribution >= 0.6 is 15.9 Å². The number of anilines is 1. The first-order valence-electron chi connectivity index (χ1n) is 7.74. The minimum Gasteiger partial charge on any atom is -0.462 e. The Kier molecular flexibility index (Phi) is 3.12. The smallest absolute Gasteiger partial charge is 0.310 e. The number of rotatable bonds is 2. The highest BCUT2D eigenvalue weighted by atomic mass is 79.9. The molecule has 2 bridgehead atoms. The summed E-state index contributed by atoms with van der Waals surface area (Å²) in [4.78, 5) is 24.8. The maximum atomic E-state index is 12.8. The second kappa shape index (κ2) is 4.82. The molecule has 2 saturated carbocycles. The highest BCUT2D eigenvalue weighted by Crippen LogP contribution is 2.57. The molecule has 1 N–H and O–H groups in total. The van der Waals surface area contributed by atoms with Crippen LogP contribution in [0, 0.1) is 37.5 Å². The van der Waals surface area contributed by atoms with Crippen molar-refractivity contribution in [3.8, 4) is 0 Å². The molecule has 1 saturated heterocycles. The summed E-state index contributed by atoms with van der Waals surface area (Å²) >= 11 is 3.47. The first kappa shape index (κ1) is 14.2. The summed E-state index contributed by atoms with van der Waals surface area (Å²) < 4.78 is 6.41. The number of esters is 1. The average Bonchev–Trinajstić information content (AvgIpc) is 3.03. The maximum absolute atomic E-state index is 12.8. The van der Waals surface area contributed by atoms with E-state index in [1.54, 1.807) is 0 Å². The molecule has 1 heterocycles. The van der Waals surface area contributed by atoms with Crippen LogP contribution in [0.25, 0.3) is 0 Å². The third kappa shape index (κ3) is 1.94. The molecule has 0 spiro atoms. The monoisotopic (exact) mass is 363 g/mol. The van der Waals surface area contributed by atoms with Gasteiger partial charge in [-0.2, -0.15) is 0 Å². The Balaban J connectivity index is 1.60. The van der Waals surface area contributed by atoms with E-state index in [1.807, 2.05) is 26.0 Å². The van der Waals surface area contributed by atoms with Crippen molar-refractivity contribution in [1.82, 2.24) is 0 Å². The molecule has 2 aliphatic carbocycles. The van der Waals surface area contributed by atoms with Gasteiger partial charge < -0.3 is 10.1 Å². The first-order valence-corrected chi connectivity index (χ1v) is 8.53. The summed E-state index contributed by atoms with van der Waals surface area (Å²) in [6, 6.07) is 3.98. The number of nitrogens with one attached hydrogen (secondary N) is 1. The molecule has 5 heteroatoms. The number of ether oxygens (including phenoxy) is 1. The Morgan fingerprint density at radius 1 is 1.27 bits per heavy atom. The molecule has 1 amide bonds. The number of carbonyl (C=O) groups is 2. The third-order valence-corrected chi connectivity index (χ3v) is 5.99. The van der Waals surface area contributed by atoms with Crippen molar-refractivity contribution in [2.45, 2.75) is 32.8 Å². The van der Waals surface area contributed by atoms with Gasteiger partial charge in [0.1, 0.15) is 6.10 Å². The number of aryl methyl sites for hydroxylation is 2. The van der Waals surface area contributed by atoms with E-state index in [0.717, 1.165) is 34.1 Å². The van der Waals surface area contributed by atoms with Crippen LogP contribution in [0.1, 0.15) is 24.0 Å². The van der Waals surface area contributed by atoms with Gasteiger partial charge in [0.25, 0.3) is 0 Å². The Labute approximate surface area is 137 Å². The number of halogens is 1. The number of amides is 1. The largest absolute Gasteiger partial charge is 0.462 e. The number of fused-ring (bicyclic) bond motifs is 1. The molecule has 116 valence electrons. The predicted octanol–water partition coefficient (Wildman–Crippen LogP) is 3.20. The van der Waals surface area contributed by atoms with Gasteiger partial charge in [0, 0.05) is 16.1 Å². The third-order valence-electron chi connectivity index (χ3n) is 5.53. The van der Waals surface area contributed by atoms with Crippen molar-refractivity contribution in [2.24, 2.45) is 23.7 Å². The number of carbonyl (C=O) groups excluding carboxylic acids is 2. The Morgan fingerprint density at radius 2 is 1.95 bits per heavy atom. The van der Waals surface area contributed by atoms with E-state index in [1.165, 1.54) is 0 Å². The van der Waals surface area contributed by atoms with Crippen molar-refractivity contribution in [2.75, 3.05) is 5.32 Å². The number of hydrogen-bond acceptors (Lipinski definition) is 3. The van der Waals surface area contributed by atoms with Crippen LogP contribution in [0.3, 0.4) is 0 Å². The molecule has 0 radical (unpaired) electrons. The zero-order chi connectivity index (χ0) is 15.6. The van der Waals surface area contributed by atoms with Crippen LogP contribution in [0.2, 0.25) is 0 Å². The molecule has 0 aromatic heterocycles. The lowest BCUT2D eigenvalue weighted by atomic mass is 9.79. The number of hydrogen-bond donors (Lipinski definition) is 1. The standard InChI is InChI=1S/C17H18BrNO3/c1-7-3-10(18)4-8(2)15(7)19-16(20)13-9-5-11-12(6-9)22-17(21)14(11)13/h3-4,9,11-14H,5-6H2,1-2H3,(H,19,20)/t9-,11-,12+,13-,14-/m0/s1. The predicted molar refractivity (Wildman–Crippen MR) is 85.3 cm³/mol. The van der Waals surface area contributed by atoms with E-state index in [9.17, 15) is 9.59 Å². The molecule has 4 rings (SSSR count). The van der Waals surface area contributed by atoms with Gasteiger partial charge in [-0.05, 0) is 55.9 Å². The summed E-state index contributed by atoms with van der Waals surface area (Å²) in [6.45, 7) is 3.96.